The Morgan fingerprint density at radius 2 is 2.15 bits per heavy atom. The van der Waals surface area contributed by atoms with Crippen molar-refractivity contribution in [1.82, 2.24) is 14.8 Å². The van der Waals surface area contributed by atoms with E-state index >= 15 is 0 Å². The van der Waals surface area contributed by atoms with E-state index in [-0.39, 0.29) is 18.2 Å². The molecule has 2 fully saturated rings. The minimum Gasteiger partial charge on any atom is -0.385 e. The molecule has 0 aromatic carbocycles. The summed E-state index contributed by atoms with van der Waals surface area (Å²) in [6.45, 7) is 5.06. The highest BCUT2D eigenvalue weighted by Crippen LogP contribution is 2.33. The number of amides is 3. The topological polar surface area (TPSA) is 80.6 Å². The SMILES string of the molecule is COCCCn1c(C)cc(C(=O)CN2C(=O)NC3(CCSC3)C2=O)c1C. The maximum atomic E-state index is 12.8. The lowest BCUT2D eigenvalue weighted by molar-refractivity contribution is -0.130. The van der Waals surface area contributed by atoms with Crippen LogP contribution >= 0.6 is 11.8 Å². The van der Waals surface area contributed by atoms with Gasteiger partial charge in [0.15, 0.2) is 5.78 Å². The summed E-state index contributed by atoms with van der Waals surface area (Å²) in [5, 5.41) is 2.80. The maximum absolute atomic E-state index is 12.8. The smallest absolute Gasteiger partial charge is 0.325 e. The number of hydrogen-bond donors (Lipinski definition) is 1. The molecule has 142 valence electrons. The van der Waals surface area contributed by atoms with Gasteiger partial charge in [-0.1, -0.05) is 0 Å². The number of carbonyl (C=O) groups is 3. The fourth-order valence-electron chi connectivity index (χ4n) is 3.68. The highest BCUT2D eigenvalue weighted by atomic mass is 32.2. The second-order valence-corrected chi connectivity index (χ2v) is 8.02. The average molecular weight is 379 g/mol. The van der Waals surface area contributed by atoms with Gasteiger partial charge in [-0.05, 0) is 38.5 Å². The Kier molecular flexibility index (Phi) is 5.43. The van der Waals surface area contributed by atoms with E-state index in [1.807, 2.05) is 19.9 Å². The summed E-state index contributed by atoms with van der Waals surface area (Å²) in [4.78, 5) is 38.8. The fourth-order valence-corrected chi connectivity index (χ4v) is 5.00. The summed E-state index contributed by atoms with van der Waals surface area (Å²) >= 11 is 1.65. The summed E-state index contributed by atoms with van der Waals surface area (Å²) in [5.74, 6) is 0.948. The number of nitrogens with zero attached hydrogens (tertiary/aromatic N) is 2. The van der Waals surface area contributed by atoms with Gasteiger partial charge >= 0.3 is 6.03 Å². The van der Waals surface area contributed by atoms with E-state index in [9.17, 15) is 14.4 Å². The number of aromatic nitrogens is 1. The van der Waals surface area contributed by atoms with Crippen LogP contribution in [0.5, 0.6) is 0 Å². The van der Waals surface area contributed by atoms with Gasteiger partial charge in [0.25, 0.3) is 5.91 Å². The summed E-state index contributed by atoms with van der Waals surface area (Å²) in [5.41, 5.74) is 1.62. The molecule has 3 amide bonds. The number of rotatable bonds is 7. The third kappa shape index (κ3) is 3.27. The van der Waals surface area contributed by atoms with Gasteiger partial charge in [0, 0.05) is 43.0 Å². The molecule has 3 rings (SSSR count). The first-order chi connectivity index (χ1) is 12.4. The number of imide groups is 1. The van der Waals surface area contributed by atoms with Crippen LogP contribution in [0.4, 0.5) is 4.79 Å². The van der Waals surface area contributed by atoms with Crippen LogP contribution in [-0.2, 0) is 16.1 Å². The Hall–Kier alpha value is -1.80. The van der Waals surface area contributed by atoms with Crippen molar-refractivity contribution in [2.45, 2.75) is 38.8 Å². The van der Waals surface area contributed by atoms with Crippen molar-refractivity contribution < 1.29 is 19.1 Å². The zero-order chi connectivity index (χ0) is 18.9. The number of aryl methyl sites for hydroxylation is 1. The molecule has 26 heavy (non-hydrogen) atoms. The second-order valence-electron chi connectivity index (χ2n) is 6.91. The van der Waals surface area contributed by atoms with E-state index < -0.39 is 11.6 Å². The Labute approximate surface area is 157 Å². The van der Waals surface area contributed by atoms with Crippen LogP contribution in [-0.4, -0.2) is 64.5 Å². The molecule has 1 N–H and O–H groups in total. The molecule has 3 heterocycles. The molecule has 2 saturated heterocycles. The van der Waals surface area contributed by atoms with Crippen molar-refractivity contribution in [3.05, 3.63) is 23.0 Å². The monoisotopic (exact) mass is 379 g/mol. The van der Waals surface area contributed by atoms with Gasteiger partial charge in [0.1, 0.15) is 5.54 Å². The van der Waals surface area contributed by atoms with E-state index in [1.165, 1.54) is 0 Å². The molecular weight excluding hydrogens is 354 g/mol. The molecule has 1 atom stereocenters. The number of ketones is 1. The minimum absolute atomic E-state index is 0.206. The largest absolute Gasteiger partial charge is 0.385 e. The van der Waals surface area contributed by atoms with Gasteiger partial charge < -0.3 is 14.6 Å². The molecule has 0 aliphatic carbocycles. The van der Waals surface area contributed by atoms with Crippen LogP contribution in [0.25, 0.3) is 0 Å². The van der Waals surface area contributed by atoms with Gasteiger partial charge in [0.2, 0.25) is 0 Å². The van der Waals surface area contributed by atoms with Gasteiger partial charge in [-0.3, -0.25) is 14.5 Å². The summed E-state index contributed by atoms with van der Waals surface area (Å²) in [7, 11) is 1.66. The quantitative estimate of drug-likeness (QED) is 0.443. The minimum atomic E-state index is -0.806. The molecule has 0 bridgehead atoms. The Bertz CT molecular complexity index is 737. The number of methoxy groups -OCH3 is 1. The van der Waals surface area contributed by atoms with Gasteiger partial charge in [-0.25, -0.2) is 4.79 Å². The number of Topliss-reactive ketones (excluding diaryl/α,β-unsaturated/α-hetero) is 1. The van der Waals surface area contributed by atoms with Crippen LogP contribution in [0.3, 0.4) is 0 Å². The molecule has 1 spiro atoms. The van der Waals surface area contributed by atoms with Crippen molar-refractivity contribution in [2.75, 3.05) is 31.8 Å². The number of hydrogen-bond acceptors (Lipinski definition) is 5. The van der Waals surface area contributed by atoms with E-state index in [0.717, 1.165) is 35.0 Å². The molecule has 0 saturated carbocycles. The van der Waals surface area contributed by atoms with Crippen LogP contribution < -0.4 is 5.32 Å². The maximum Gasteiger partial charge on any atom is 0.325 e. The third-order valence-corrected chi connectivity index (χ3v) is 6.36. The normalized spacial score (nSPS) is 22.5. The lowest BCUT2D eigenvalue weighted by Crippen LogP contribution is -2.47. The Morgan fingerprint density at radius 1 is 1.38 bits per heavy atom. The average Bonchev–Trinajstić information content (AvgIpc) is 3.24. The first-order valence-electron chi connectivity index (χ1n) is 8.80. The standard InChI is InChI=1S/C18H25N3O4S/c1-12-9-14(13(2)20(12)6-4-7-25-3)15(22)10-21-16(23)18(19-17(21)24)5-8-26-11-18/h9H,4-8,10-11H2,1-3H3,(H,19,24). The molecule has 2 aliphatic rings. The van der Waals surface area contributed by atoms with Crippen molar-refractivity contribution in [3.63, 3.8) is 0 Å². The van der Waals surface area contributed by atoms with Crippen LogP contribution in [0.15, 0.2) is 6.07 Å². The first kappa shape index (κ1) is 19.0. The van der Waals surface area contributed by atoms with E-state index in [4.69, 9.17) is 4.74 Å². The van der Waals surface area contributed by atoms with Gasteiger partial charge in [-0.2, -0.15) is 11.8 Å². The highest BCUT2D eigenvalue weighted by molar-refractivity contribution is 7.99. The van der Waals surface area contributed by atoms with Crippen molar-refractivity contribution in [3.8, 4) is 0 Å². The van der Waals surface area contributed by atoms with Crippen LogP contribution in [0.1, 0.15) is 34.6 Å². The molecule has 1 aromatic heterocycles. The number of ether oxygens (including phenoxy) is 1. The number of carbonyl (C=O) groups excluding carboxylic acids is 3. The first-order valence-corrected chi connectivity index (χ1v) is 9.96. The molecule has 1 aromatic rings. The molecule has 8 heteroatoms. The Morgan fingerprint density at radius 3 is 2.81 bits per heavy atom. The summed E-state index contributed by atoms with van der Waals surface area (Å²) in [6, 6.07) is 1.38. The van der Waals surface area contributed by atoms with Crippen molar-refractivity contribution >= 4 is 29.5 Å². The van der Waals surface area contributed by atoms with Gasteiger partial charge in [0.05, 0.1) is 6.54 Å². The lowest BCUT2D eigenvalue weighted by atomic mass is 9.99. The summed E-state index contributed by atoms with van der Waals surface area (Å²) in [6.07, 6.45) is 1.48. The third-order valence-electron chi connectivity index (χ3n) is 5.17. The molecule has 0 radical (unpaired) electrons. The zero-order valence-electron chi connectivity index (χ0n) is 15.5. The number of urea groups is 1. The second kappa shape index (κ2) is 7.44. The summed E-state index contributed by atoms with van der Waals surface area (Å²) < 4.78 is 7.16. The van der Waals surface area contributed by atoms with E-state index in [0.29, 0.717) is 24.3 Å². The predicted molar refractivity (Wildman–Crippen MR) is 99.6 cm³/mol. The van der Waals surface area contributed by atoms with E-state index in [2.05, 4.69) is 9.88 Å². The zero-order valence-corrected chi connectivity index (χ0v) is 16.3. The predicted octanol–water partition coefficient (Wildman–Crippen LogP) is 1.75. The van der Waals surface area contributed by atoms with Crippen LogP contribution in [0, 0.1) is 13.8 Å². The number of thioether (sulfide) groups is 1. The van der Waals surface area contributed by atoms with Crippen molar-refractivity contribution in [1.29, 1.82) is 0 Å². The number of nitrogens with one attached hydrogen (secondary N) is 1. The molecule has 7 nitrogen and oxygen atoms in total. The Balaban J connectivity index is 1.73. The highest BCUT2D eigenvalue weighted by Gasteiger charge is 2.53. The molecule has 1 unspecified atom stereocenters. The van der Waals surface area contributed by atoms with E-state index in [1.54, 1.807) is 18.9 Å². The molecular formula is C18H25N3O4S. The van der Waals surface area contributed by atoms with Crippen molar-refractivity contribution in [2.24, 2.45) is 0 Å². The fraction of sp³-hybridized carbons (Fsp3) is 0.611. The molecule has 2 aliphatic heterocycles. The lowest BCUT2D eigenvalue weighted by Gasteiger charge is -2.19. The van der Waals surface area contributed by atoms with Gasteiger partial charge in [-0.15, -0.1) is 0 Å². The van der Waals surface area contributed by atoms with Crippen LogP contribution in [0.2, 0.25) is 0 Å².